The van der Waals surface area contributed by atoms with Crippen LogP contribution < -0.4 is 20.5 Å². The molecule has 0 aliphatic heterocycles. The van der Waals surface area contributed by atoms with Crippen LogP contribution in [0.1, 0.15) is 39.2 Å². The van der Waals surface area contributed by atoms with E-state index < -0.39 is 29.6 Å². The average Bonchev–Trinajstić information content (AvgIpc) is 2.83. The third kappa shape index (κ3) is 8.05. The minimum absolute atomic E-state index is 0.250. The second-order valence-electron chi connectivity index (χ2n) is 9.28. The Morgan fingerprint density at radius 3 is 2.40 bits per heavy atom. The Bertz CT molecular complexity index is 1140. The van der Waals surface area contributed by atoms with Gasteiger partial charge < -0.3 is 25.3 Å². The Balaban J connectivity index is 1.69. The van der Waals surface area contributed by atoms with Gasteiger partial charge in [0.05, 0.1) is 18.8 Å². The normalized spacial score (nSPS) is 13.2. The van der Waals surface area contributed by atoms with E-state index in [1.54, 1.807) is 33.9 Å². The van der Waals surface area contributed by atoms with E-state index in [9.17, 15) is 9.59 Å². The third-order valence-corrected chi connectivity index (χ3v) is 5.26. The highest BCUT2D eigenvalue weighted by molar-refractivity contribution is 5.82. The molecule has 0 saturated heterocycles. The van der Waals surface area contributed by atoms with Gasteiger partial charge in [-0.1, -0.05) is 30.3 Å². The number of hydrogen-bond donors (Lipinski definition) is 2. The molecule has 0 bridgehead atoms. The second-order valence-corrected chi connectivity index (χ2v) is 9.28. The molecular weight excluding hydrogens is 446 g/mol. The number of carbonyl (C=O) groups excluding carboxylic acids is 2. The van der Waals surface area contributed by atoms with Crippen molar-refractivity contribution in [2.75, 3.05) is 7.11 Å². The maximum Gasteiger partial charge on any atom is 0.328 e. The average molecular weight is 480 g/mol. The highest BCUT2D eigenvalue weighted by Crippen LogP contribution is 2.19. The Morgan fingerprint density at radius 1 is 1.00 bits per heavy atom. The zero-order valence-corrected chi connectivity index (χ0v) is 20.6. The third-order valence-electron chi connectivity index (χ3n) is 5.26. The molecule has 0 fully saturated rings. The lowest BCUT2D eigenvalue weighted by atomic mass is 10.1. The van der Waals surface area contributed by atoms with Gasteiger partial charge in [0.2, 0.25) is 0 Å². The van der Waals surface area contributed by atoms with Crippen LogP contribution in [0.4, 0.5) is 0 Å². The van der Waals surface area contributed by atoms with Gasteiger partial charge in [0, 0.05) is 11.9 Å². The summed E-state index contributed by atoms with van der Waals surface area (Å²) in [5, 5.41) is 4.10. The first kappa shape index (κ1) is 26.1. The molecule has 3 N–H and O–H groups in total. The lowest BCUT2D eigenvalue weighted by molar-refractivity contribution is -0.157. The number of fused-ring (bicyclic) bond motifs is 1. The van der Waals surface area contributed by atoms with Crippen molar-refractivity contribution in [2.24, 2.45) is 5.73 Å². The SMILES string of the molecule is COc1ccc(CN[C@@H](CCC(N)C(=O)OC(C)(C)C)C(=O)Oc2cnc3ccccc3c2)cc1. The summed E-state index contributed by atoms with van der Waals surface area (Å²) >= 11 is 0. The van der Waals surface area contributed by atoms with E-state index in [4.69, 9.17) is 19.9 Å². The first-order chi connectivity index (χ1) is 16.6. The number of pyridine rings is 1. The number of aromatic nitrogens is 1. The molecular formula is C27H33N3O5. The molecule has 1 heterocycles. The van der Waals surface area contributed by atoms with Gasteiger partial charge in [0.15, 0.2) is 0 Å². The van der Waals surface area contributed by atoms with Gasteiger partial charge in [0.1, 0.15) is 29.2 Å². The van der Waals surface area contributed by atoms with Crippen molar-refractivity contribution in [1.29, 1.82) is 0 Å². The van der Waals surface area contributed by atoms with Crippen molar-refractivity contribution in [3.63, 3.8) is 0 Å². The molecule has 186 valence electrons. The van der Waals surface area contributed by atoms with Crippen LogP contribution in [-0.2, 0) is 20.9 Å². The molecule has 1 unspecified atom stereocenters. The summed E-state index contributed by atoms with van der Waals surface area (Å²) in [6.07, 6.45) is 2.06. The number of nitrogens with one attached hydrogen (secondary N) is 1. The largest absolute Gasteiger partial charge is 0.497 e. The van der Waals surface area contributed by atoms with E-state index in [-0.39, 0.29) is 12.8 Å². The summed E-state index contributed by atoms with van der Waals surface area (Å²) in [4.78, 5) is 29.7. The number of rotatable bonds is 10. The molecule has 2 aromatic carbocycles. The number of benzene rings is 2. The number of nitrogens with two attached hydrogens (primary N) is 1. The fourth-order valence-corrected chi connectivity index (χ4v) is 3.42. The van der Waals surface area contributed by atoms with Crippen LogP contribution in [-0.4, -0.2) is 41.7 Å². The molecule has 0 aliphatic carbocycles. The fourth-order valence-electron chi connectivity index (χ4n) is 3.42. The maximum absolute atomic E-state index is 13.1. The van der Waals surface area contributed by atoms with E-state index in [0.29, 0.717) is 12.3 Å². The van der Waals surface area contributed by atoms with Gasteiger partial charge in [-0.2, -0.15) is 0 Å². The van der Waals surface area contributed by atoms with Gasteiger partial charge in [-0.25, -0.2) is 4.79 Å². The Hall–Kier alpha value is -3.49. The van der Waals surface area contributed by atoms with Crippen molar-refractivity contribution in [2.45, 2.75) is 57.8 Å². The Labute approximate surface area is 205 Å². The molecule has 0 saturated carbocycles. The predicted octanol–water partition coefficient (Wildman–Crippen LogP) is 3.76. The summed E-state index contributed by atoms with van der Waals surface area (Å²) in [6, 6.07) is 15.3. The Kier molecular flexibility index (Phi) is 8.78. The Morgan fingerprint density at radius 2 is 1.71 bits per heavy atom. The molecule has 0 radical (unpaired) electrons. The lowest BCUT2D eigenvalue weighted by Crippen LogP contribution is -2.42. The topological polar surface area (TPSA) is 113 Å². The van der Waals surface area contributed by atoms with Crippen LogP contribution in [0.25, 0.3) is 10.9 Å². The standard InChI is InChI=1S/C27H33N3O5/c1-27(2,3)35-25(31)22(28)13-14-24(29-16-18-9-11-20(33-4)12-10-18)26(32)34-21-15-19-7-5-6-8-23(19)30-17-21/h5-12,15,17,22,24,29H,13-14,16,28H2,1-4H3/t22?,24-/m0/s1. The molecule has 2 atom stereocenters. The molecule has 3 rings (SSSR count). The van der Waals surface area contributed by atoms with E-state index in [1.807, 2.05) is 48.5 Å². The zero-order chi connectivity index (χ0) is 25.4. The molecule has 3 aromatic rings. The van der Waals surface area contributed by atoms with E-state index >= 15 is 0 Å². The number of nitrogens with zero attached hydrogens (tertiary/aromatic N) is 1. The molecule has 0 amide bonds. The first-order valence-corrected chi connectivity index (χ1v) is 11.6. The molecule has 8 heteroatoms. The number of carbonyl (C=O) groups is 2. The van der Waals surface area contributed by atoms with Crippen LogP contribution in [0.2, 0.25) is 0 Å². The van der Waals surface area contributed by atoms with E-state index in [0.717, 1.165) is 22.2 Å². The molecule has 0 aliphatic rings. The first-order valence-electron chi connectivity index (χ1n) is 11.6. The molecule has 0 spiro atoms. The summed E-state index contributed by atoms with van der Waals surface area (Å²) in [6.45, 7) is 5.77. The lowest BCUT2D eigenvalue weighted by Gasteiger charge is -2.23. The van der Waals surface area contributed by atoms with Gasteiger partial charge in [-0.05, 0) is 63.4 Å². The summed E-state index contributed by atoms with van der Waals surface area (Å²) in [5.41, 5.74) is 7.19. The maximum atomic E-state index is 13.1. The highest BCUT2D eigenvalue weighted by Gasteiger charge is 2.26. The summed E-state index contributed by atoms with van der Waals surface area (Å²) in [5.74, 6) is 0.115. The second kappa shape index (κ2) is 11.8. The smallest absolute Gasteiger partial charge is 0.328 e. The minimum Gasteiger partial charge on any atom is -0.497 e. The monoisotopic (exact) mass is 479 g/mol. The van der Waals surface area contributed by atoms with Crippen molar-refractivity contribution < 1.29 is 23.8 Å². The minimum atomic E-state index is -0.852. The van der Waals surface area contributed by atoms with Crippen molar-refractivity contribution in [1.82, 2.24) is 10.3 Å². The zero-order valence-electron chi connectivity index (χ0n) is 20.6. The fraction of sp³-hybridized carbons (Fsp3) is 0.370. The van der Waals surface area contributed by atoms with Crippen molar-refractivity contribution >= 4 is 22.8 Å². The van der Waals surface area contributed by atoms with Crippen molar-refractivity contribution in [3.8, 4) is 11.5 Å². The van der Waals surface area contributed by atoms with Crippen LogP contribution in [0.3, 0.4) is 0 Å². The van der Waals surface area contributed by atoms with Gasteiger partial charge >= 0.3 is 11.9 Å². The summed E-state index contributed by atoms with van der Waals surface area (Å²) < 4.78 is 16.2. The van der Waals surface area contributed by atoms with Gasteiger partial charge in [-0.15, -0.1) is 0 Å². The van der Waals surface area contributed by atoms with Crippen LogP contribution >= 0.6 is 0 Å². The number of esters is 2. The molecule has 35 heavy (non-hydrogen) atoms. The number of methoxy groups -OCH3 is 1. The number of hydrogen-bond acceptors (Lipinski definition) is 8. The number of para-hydroxylation sites is 1. The molecule has 8 nitrogen and oxygen atoms in total. The van der Waals surface area contributed by atoms with Crippen molar-refractivity contribution in [3.05, 3.63) is 66.4 Å². The number of ether oxygens (including phenoxy) is 3. The van der Waals surface area contributed by atoms with Crippen LogP contribution in [0, 0.1) is 0 Å². The van der Waals surface area contributed by atoms with Gasteiger partial charge in [0.25, 0.3) is 0 Å². The quantitative estimate of drug-likeness (QED) is 0.423. The van der Waals surface area contributed by atoms with E-state index in [2.05, 4.69) is 10.3 Å². The predicted molar refractivity (Wildman–Crippen MR) is 134 cm³/mol. The van der Waals surface area contributed by atoms with Gasteiger partial charge in [-0.3, -0.25) is 9.78 Å². The van der Waals surface area contributed by atoms with Crippen LogP contribution in [0.5, 0.6) is 11.5 Å². The summed E-state index contributed by atoms with van der Waals surface area (Å²) in [7, 11) is 1.61. The van der Waals surface area contributed by atoms with Crippen LogP contribution in [0.15, 0.2) is 60.8 Å². The molecule has 1 aromatic heterocycles. The highest BCUT2D eigenvalue weighted by atomic mass is 16.6. The van der Waals surface area contributed by atoms with E-state index in [1.165, 1.54) is 6.20 Å².